The van der Waals surface area contributed by atoms with Crippen LogP contribution in [0.1, 0.15) is 125 Å². The topological polar surface area (TPSA) is 83.8 Å². The van der Waals surface area contributed by atoms with Crippen molar-refractivity contribution in [2.45, 2.75) is 131 Å². The summed E-state index contributed by atoms with van der Waals surface area (Å²) in [5.74, 6) is -0.511. The first-order valence-electron chi connectivity index (χ1n) is 11.8. The zero-order valence-corrected chi connectivity index (χ0v) is 20.0. The molecule has 2 N–H and O–H groups in total. The van der Waals surface area contributed by atoms with E-state index in [1.54, 1.807) is 6.92 Å². The van der Waals surface area contributed by atoms with Crippen molar-refractivity contribution in [2.24, 2.45) is 0 Å². The summed E-state index contributed by atoms with van der Waals surface area (Å²) in [6, 6.07) is 0. The van der Waals surface area contributed by atoms with Gasteiger partial charge in [0.15, 0.2) is 11.6 Å². The molecule has 0 aliphatic heterocycles. The Kier molecular flexibility index (Phi) is 33.4. The minimum Gasteiger partial charge on any atom is -0.374 e. The van der Waals surface area contributed by atoms with Gasteiger partial charge in [0.2, 0.25) is 6.29 Å². The van der Waals surface area contributed by atoms with Gasteiger partial charge >= 0.3 is 0 Å². The molecule has 0 fully saturated rings. The molecule has 0 spiro atoms. The summed E-state index contributed by atoms with van der Waals surface area (Å²) in [5, 5.41) is 15.7. The van der Waals surface area contributed by atoms with Crippen molar-refractivity contribution in [1.29, 1.82) is 0 Å². The number of ether oxygens (including phenoxy) is 1. The highest BCUT2D eigenvalue weighted by molar-refractivity contribution is 5.78. The van der Waals surface area contributed by atoms with Crippen LogP contribution in [-0.4, -0.2) is 41.3 Å². The lowest BCUT2D eigenvalue weighted by Crippen LogP contribution is -2.14. The number of hydrogen-bond donors (Lipinski definition) is 2. The lowest BCUT2D eigenvalue weighted by Gasteiger charge is -2.02. The fraction of sp³-hybridized carbons (Fsp3) is 0.917. The van der Waals surface area contributed by atoms with E-state index >= 15 is 0 Å². The summed E-state index contributed by atoms with van der Waals surface area (Å²) >= 11 is 0. The summed E-state index contributed by atoms with van der Waals surface area (Å²) in [4.78, 5) is 20.2. The van der Waals surface area contributed by atoms with Crippen LogP contribution in [0.15, 0.2) is 0 Å². The van der Waals surface area contributed by atoms with Crippen molar-refractivity contribution in [3.63, 3.8) is 0 Å². The Labute approximate surface area is 180 Å². The minimum absolute atomic E-state index is 0.118. The van der Waals surface area contributed by atoms with Gasteiger partial charge in [-0.3, -0.25) is 9.59 Å². The number of carbonyl (C=O) groups is 2. The number of ketones is 2. The van der Waals surface area contributed by atoms with Crippen LogP contribution in [0.4, 0.5) is 0 Å². The lowest BCUT2D eigenvalue weighted by atomic mass is 10.1. The summed E-state index contributed by atoms with van der Waals surface area (Å²) in [5.41, 5.74) is 0. The fourth-order valence-corrected chi connectivity index (χ4v) is 2.41. The molecule has 0 heterocycles. The Morgan fingerprint density at radius 2 is 0.966 bits per heavy atom. The maximum atomic E-state index is 10.5. The maximum absolute atomic E-state index is 10.5. The van der Waals surface area contributed by atoms with Crippen LogP contribution in [0.2, 0.25) is 0 Å². The molecule has 0 aromatic heterocycles. The molecule has 0 aromatic rings. The highest BCUT2D eigenvalue weighted by atomic mass is 16.5. The quantitative estimate of drug-likeness (QED) is 0.224. The van der Waals surface area contributed by atoms with E-state index in [2.05, 4.69) is 20.8 Å². The molecule has 5 heteroatoms. The van der Waals surface area contributed by atoms with Gasteiger partial charge in [-0.15, -0.1) is 0 Å². The van der Waals surface area contributed by atoms with Gasteiger partial charge in [-0.05, 0) is 20.3 Å². The molecule has 0 atom stereocenters. The third kappa shape index (κ3) is 42.3. The fourth-order valence-electron chi connectivity index (χ4n) is 2.41. The van der Waals surface area contributed by atoms with Crippen LogP contribution < -0.4 is 0 Å². The summed E-state index contributed by atoms with van der Waals surface area (Å²) in [7, 11) is 0. The van der Waals surface area contributed by atoms with Crippen LogP contribution in [0.5, 0.6) is 0 Å². The van der Waals surface area contributed by atoms with E-state index < -0.39 is 12.1 Å². The van der Waals surface area contributed by atoms with E-state index in [-0.39, 0.29) is 12.4 Å². The van der Waals surface area contributed by atoms with Crippen LogP contribution in [0.3, 0.4) is 0 Å². The number of rotatable bonds is 17. The van der Waals surface area contributed by atoms with Crippen molar-refractivity contribution in [1.82, 2.24) is 0 Å². The zero-order chi connectivity index (χ0) is 22.8. The van der Waals surface area contributed by atoms with Crippen LogP contribution in [0, 0.1) is 0 Å². The van der Waals surface area contributed by atoms with Crippen molar-refractivity contribution in [3.05, 3.63) is 0 Å². The predicted octanol–water partition coefficient (Wildman–Crippen LogP) is 5.99. The molecule has 0 aromatic carbocycles. The van der Waals surface area contributed by atoms with Crippen molar-refractivity contribution in [3.8, 4) is 0 Å². The average molecular weight is 419 g/mol. The Morgan fingerprint density at radius 3 is 1.24 bits per heavy atom. The third-order valence-electron chi connectivity index (χ3n) is 4.27. The van der Waals surface area contributed by atoms with Crippen LogP contribution >= 0.6 is 0 Å². The minimum atomic E-state index is -1.79. The van der Waals surface area contributed by atoms with E-state index in [0.29, 0.717) is 0 Å². The molecular weight excluding hydrogens is 368 g/mol. The molecule has 0 saturated carbocycles. The van der Waals surface area contributed by atoms with Crippen molar-refractivity contribution < 1.29 is 24.5 Å². The normalized spacial score (nSPS) is 10.1. The number of aliphatic hydroxyl groups excluding tert-OH is 1. The Morgan fingerprint density at radius 1 is 0.655 bits per heavy atom. The van der Waals surface area contributed by atoms with E-state index in [1.807, 2.05) is 0 Å². The number of hydrogen-bond acceptors (Lipinski definition) is 5. The van der Waals surface area contributed by atoms with E-state index in [9.17, 15) is 9.59 Å². The average Bonchev–Trinajstić information content (AvgIpc) is 2.67. The SMILES string of the molecule is CC(=O)C(O)O.CCCCCCCCC.CCCCCCCCCOCC(C)=O. The Bertz CT molecular complexity index is 323. The van der Waals surface area contributed by atoms with Gasteiger partial charge in [-0.25, -0.2) is 0 Å². The number of unbranched alkanes of at least 4 members (excludes halogenated alkanes) is 12. The van der Waals surface area contributed by atoms with Gasteiger partial charge < -0.3 is 14.9 Å². The van der Waals surface area contributed by atoms with E-state index in [0.717, 1.165) is 20.0 Å². The summed E-state index contributed by atoms with van der Waals surface area (Å²) < 4.78 is 5.17. The molecule has 0 saturated heterocycles. The van der Waals surface area contributed by atoms with Gasteiger partial charge in [-0.1, -0.05) is 104 Å². The second-order valence-electron chi connectivity index (χ2n) is 7.63. The molecule has 0 aliphatic rings. The molecule has 0 aliphatic carbocycles. The van der Waals surface area contributed by atoms with Crippen LogP contribution in [0.25, 0.3) is 0 Å². The zero-order valence-electron chi connectivity index (χ0n) is 20.0. The largest absolute Gasteiger partial charge is 0.374 e. The molecule has 0 unspecified atom stereocenters. The number of Topliss-reactive ketones (excluding diaryl/α,β-unsaturated/α-hetero) is 2. The summed E-state index contributed by atoms with van der Waals surface area (Å²) in [6.45, 7) is 10.5. The molecule has 0 amide bonds. The molecule has 0 rings (SSSR count). The van der Waals surface area contributed by atoms with Gasteiger partial charge in [0.1, 0.15) is 6.61 Å². The van der Waals surface area contributed by atoms with Gasteiger partial charge in [0, 0.05) is 6.61 Å². The monoisotopic (exact) mass is 418 g/mol. The smallest absolute Gasteiger partial charge is 0.212 e. The molecule has 5 nitrogen and oxygen atoms in total. The molecule has 0 radical (unpaired) electrons. The first kappa shape index (κ1) is 32.9. The highest BCUT2D eigenvalue weighted by Crippen LogP contribution is 2.07. The first-order chi connectivity index (χ1) is 13.8. The van der Waals surface area contributed by atoms with E-state index in [4.69, 9.17) is 14.9 Å². The molecule has 176 valence electrons. The Balaban J connectivity index is -0.000000386. The van der Waals surface area contributed by atoms with Crippen molar-refractivity contribution >= 4 is 11.6 Å². The Hall–Kier alpha value is -0.780. The number of aliphatic hydroxyl groups is 2. The molecule has 29 heavy (non-hydrogen) atoms. The first-order valence-corrected chi connectivity index (χ1v) is 11.8. The second-order valence-corrected chi connectivity index (χ2v) is 7.63. The van der Waals surface area contributed by atoms with Crippen LogP contribution in [-0.2, 0) is 14.3 Å². The standard InChI is InChI=1S/C12H24O2.C9H20.C3H6O3/c1-3-4-5-6-7-8-9-10-14-11-12(2)13;1-3-5-7-9-8-6-4-2;1-2(4)3(5)6/h3-11H2,1-2H3;3-9H2,1-2H3;3,5-6H,1H3. The second kappa shape index (κ2) is 29.4. The molecular formula is C24H50O5. The molecule has 0 bridgehead atoms. The third-order valence-corrected chi connectivity index (χ3v) is 4.27. The van der Waals surface area contributed by atoms with Gasteiger partial charge in [0.05, 0.1) is 0 Å². The van der Waals surface area contributed by atoms with Gasteiger partial charge in [0.25, 0.3) is 0 Å². The predicted molar refractivity (Wildman–Crippen MR) is 122 cm³/mol. The summed E-state index contributed by atoms with van der Waals surface area (Å²) in [6.07, 6.45) is 17.2. The van der Waals surface area contributed by atoms with Gasteiger partial charge in [-0.2, -0.15) is 0 Å². The van der Waals surface area contributed by atoms with Crippen molar-refractivity contribution in [2.75, 3.05) is 13.2 Å². The maximum Gasteiger partial charge on any atom is 0.212 e. The highest BCUT2D eigenvalue weighted by Gasteiger charge is 1.99. The number of carbonyl (C=O) groups excluding carboxylic acids is 2. The lowest BCUT2D eigenvalue weighted by molar-refractivity contribution is -0.142. The van der Waals surface area contributed by atoms with E-state index in [1.165, 1.54) is 83.5 Å².